The number of likely N-dealkylation sites (tertiary alicyclic amines) is 2. The average Bonchev–Trinajstić information content (AvgIpc) is 3.61. The summed E-state index contributed by atoms with van der Waals surface area (Å²) >= 11 is 0. The molecule has 3 N–H and O–H groups in total. The van der Waals surface area contributed by atoms with Crippen molar-refractivity contribution in [1.82, 2.24) is 14.8 Å². The van der Waals surface area contributed by atoms with Gasteiger partial charge in [-0.2, -0.15) is 0 Å². The first-order chi connectivity index (χ1) is 17.4. The Balaban J connectivity index is 1.20. The highest BCUT2D eigenvalue weighted by Gasteiger charge is 2.63. The van der Waals surface area contributed by atoms with Crippen molar-refractivity contribution in [2.75, 3.05) is 26.2 Å². The number of H-pyrrole nitrogens is 1. The molecule has 36 heavy (non-hydrogen) atoms. The van der Waals surface area contributed by atoms with Gasteiger partial charge >= 0.3 is 0 Å². The lowest BCUT2D eigenvalue weighted by Gasteiger charge is -2.61. The quantitative estimate of drug-likeness (QED) is 0.526. The number of phenolic OH excluding ortho intramolecular Hbond substituents is 1. The van der Waals surface area contributed by atoms with Gasteiger partial charge in [-0.25, -0.2) is 0 Å². The van der Waals surface area contributed by atoms with Crippen LogP contribution in [0.5, 0.6) is 5.75 Å². The number of hydrogen-bond donors (Lipinski definition) is 3. The number of amides is 1. The van der Waals surface area contributed by atoms with Crippen LogP contribution in [-0.2, 0) is 23.1 Å². The van der Waals surface area contributed by atoms with Gasteiger partial charge in [-0.3, -0.25) is 9.69 Å². The maximum Gasteiger partial charge on any atom is 0.228 e. The summed E-state index contributed by atoms with van der Waals surface area (Å²) < 4.78 is 0. The lowest BCUT2D eigenvalue weighted by Crippen LogP contribution is -2.71. The first kappa shape index (κ1) is 22.4. The third-order valence-corrected chi connectivity index (χ3v) is 9.71. The number of carbonyl (C=O) groups excluding carboxylic acids is 1. The van der Waals surface area contributed by atoms with E-state index in [4.69, 9.17) is 0 Å². The molecule has 2 saturated heterocycles. The lowest BCUT2D eigenvalue weighted by atomic mass is 9.52. The van der Waals surface area contributed by atoms with Crippen molar-refractivity contribution in [3.05, 3.63) is 65.4 Å². The second-order valence-electron chi connectivity index (χ2n) is 11.7. The average molecular weight is 486 g/mol. The number of phenols is 1. The first-order valence-corrected chi connectivity index (χ1v) is 13.6. The minimum atomic E-state index is -0.906. The Morgan fingerprint density at radius 3 is 2.67 bits per heavy atom. The molecule has 6 heteroatoms. The van der Waals surface area contributed by atoms with Crippen molar-refractivity contribution in [2.24, 2.45) is 5.92 Å². The fraction of sp³-hybridized carbons (Fsp3) is 0.500. The molecule has 3 fully saturated rings. The number of para-hydroxylation sites is 1. The van der Waals surface area contributed by atoms with Gasteiger partial charge in [0.15, 0.2) is 0 Å². The summed E-state index contributed by atoms with van der Waals surface area (Å²) in [5.74, 6) is 1.14. The Labute approximate surface area is 211 Å². The number of hydrogen-bond acceptors (Lipinski definition) is 4. The Hall–Kier alpha value is -2.83. The minimum absolute atomic E-state index is 0.0626. The van der Waals surface area contributed by atoms with E-state index in [-0.39, 0.29) is 17.7 Å². The van der Waals surface area contributed by atoms with Crippen LogP contribution in [0.1, 0.15) is 48.9 Å². The van der Waals surface area contributed by atoms with Gasteiger partial charge < -0.3 is 20.1 Å². The molecule has 6 nitrogen and oxygen atoms in total. The van der Waals surface area contributed by atoms with Crippen molar-refractivity contribution in [1.29, 1.82) is 0 Å². The third-order valence-electron chi connectivity index (χ3n) is 9.71. The van der Waals surface area contributed by atoms with E-state index in [1.54, 1.807) is 6.07 Å². The second-order valence-corrected chi connectivity index (χ2v) is 11.7. The topological polar surface area (TPSA) is 79.8 Å². The normalized spacial score (nSPS) is 30.0. The summed E-state index contributed by atoms with van der Waals surface area (Å²) in [4.78, 5) is 21.4. The van der Waals surface area contributed by atoms with Crippen molar-refractivity contribution < 1.29 is 15.0 Å². The maximum atomic E-state index is 13.5. The van der Waals surface area contributed by atoms with E-state index >= 15 is 0 Å². The summed E-state index contributed by atoms with van der Waals surface area (Å²) in [7, 11) is 0. The van der Waals surface area contributed by atoms with Crippen LogP contribution in [-0.4, -0.2) is 68.7 Å². The standard InChI is InChI=1S/C30H35N3O3/c34-24-8-7-21-16-27-30(36)11-14-32(28(35)17-23-15-22-3-1-2-4-26(22)31-23)12-9-29(30,25(21)18-24)10-13-33(27)19-20-5-6-20/h1-4,7-8,15,18,20,27,31,34,36H,5-6,9-14,16-17,19H2/t27-,29+,30-/m1/s1. The number of aromatic hydroxyl groups is 1. The summed E-state index contributed by atoms with van der Waals surface area (Å²) in [5, 5.41) is 24.1. The molecule has 1 aromatic heterocycles. The van der Waals surface area contributed by atoms with Crippen molar-refractivity contribution in [2.45, 2.75) is 62.0 Å². The number of aromatic nitrogens is 1. The van der Waals surface area contributed by atoms with Gasteiger partial charge in [-0.05, 0) is 91.8 Å². The van der Waals surface area contributed by atoms with E-state index in [1.165, 1.54) is 18.4 Å². The summed E-state index contributed by atoms with van der Waals surface area (Å²) in [6.07, 6.45) is 5.92. The smallest absolute Gasteiger partial charge is 0.228 e. The Morgan fingerprint density at radius 2 is 1.83 bits per heavy atom. The van der Waals surface area contributed by atoms with E-state index in [1.807, 2.05) is 29.2 Å². The van der Waals surface area contributed by atoms with Gasteiger partial charge in [0.1, 0.15) is 5.75 Å². The summed E-state index contributed by atoms with van der Waals surface area (Å²) in [6.45, 7) is 3.24. The predicted octanol–water partition coefficient (Wildman–Crippen LogP) is 3.75. The number of carbonyl (C=O) groups is 1. The number of benzene rings is 2. The fourth-order valence-corrected chi connectivity index (χ4v) is 7.62. The lowest BCUT2D eigenvalue weighted by molar-refractivity contribution is -0.149. The number of aromatic amines is 1. The highest BCUT2D eigenvalue weighted by atomic mass is 16.3. The zero-order valence-electron chi connectivity index (χ0n) is 20.7. The van der Waals surface area contributed by atoms with Gasteiger partial charge in [-0.15, -0.1) is 0 Å². The van der Waals surface area contributed by atoms with Gasteiger partial charge in [0.2, 0.25) is 5.91 Å². The van der Waals surface area contributed by atoms with Crippen molar-refractivity contribution in [3.8, 4) is 5.75 Å². The van der Waals surface area contributed by atoms with Gasteiger partial charge in [0.05, 0.1) is 12.0 Å². The zero-order chi connectivity index (χ0) is 24.5. The molecule has 0 unspecified atom stereocenters. The molecular formula is C30H35N3O3. The van der Waals surface area contributed by atoms with Crippen LogP contribution < -0.4 is 0 Å². The monoisotopic (exact) mass is 485 g/mol. The van der Waals surface area contributed by atoms with E-state index in [0.29, 0.717) is 25.9 Å². The van der Waals surface area contributed by atoms with Crippen molar-refractivity contribution >= 4 is 16.8 Å². The van der Waals surface area contributed by atoms with E-state index in [2.05, 4.69) is 28.1 Å². The van der Waals surface area contributed by atoms with Crippen LogP contribution in [0.2, 0.25) is 0 Å². The van der Waals surface area contributed by atoms with Crippen LogP contribution in [0.4, 0.5) is 0 Å². The maximum absolute atomic E-state index is 13.5. The van der Waals surface area contributed by atoms with E-state index in [9.17, 15) is 15.0 Å². The van der Waals surface area contributed by atoms with Crippen molar-refractivity contribution in [3.63, 3.8) is 0 Å². The largest absolute Gasteiger partial charge is 0.508 e. The Bertz CT molecular complexity index is 1300. The predicted molar refractivity (Wildman–Crippen MR) is 139 cm³/mol. The molecule has 2 bridgehead atoms. The van der Waals surface area contributed by atoms with Crippen LogP contribution in [0.25, 0.3) is 10.9 Å². The number of rotatable bonds is 4. The van der Waals surface area contributed by atoms with Gasteiger partial charge in [-0.1, -0.05) is 24.3 Å². The molecule has 4 aliphatic rings. The Morgan fingerprint density at radius 1 is 1.03 bits per heavy atom. The van der Waals surface area contributed by atoms with E-state index < -0.39 is 11.0 Å². The number of aliphatic hydroxyl groups is 1. The highest BCUT2D eigenvalue weighted by Crippen LogP contribution is 2.56. The molecule has 0 radical (unpaired) electrons. The van der Waals surface area contributed by atoms with Crippen LogP contribution in [0.15, 0.2) is 48.5 Å². The summed E-state index contributed by atoms with van der Waals surface area (Å²) in [5.41, 5.74) is 3.01. The number of nitrogens with zero attached hydrogens (tertiary/aromatic N) is 2. The Kier molecular flexibility index (Phi) is 5.03. The highest BCUT2D eigenvalue weighted by molar-refractivity contribution is 5.84. The molecule has 2 aromatic carbocycles. The second kappa shape index (κ2) is 8.09. The zero-order valence-corrected chi connectivity index (χ0v) is 20.7. The van der Waals surface area contributed by atoms with Crippen LogP contribution in [0, 0.1) is 5.92 Å². The molecule has 3 aromatic rings. The molecule has 2 aliphatic carbocycles. The molecule has 1 amide bonds. The van der Waals surface area contributed by atoms with Crippen LogP contribution in [0.3, 0.4) is 0 Å². The molecule has 188 valence electrons. The van der Waals surface area contributed by atoms with Gasteiger partial charge in [0, 0.05) is 42.3 Å². The molecule has 2 aliphatic heterocycles. The summed E-state index contributed by atoms with van der Waals surface area (Å²) in [6, 6.07) is 16.0. The number of fused-ring (bicyclic) bond motifs is 2. The molecule has 7 rings (SSSR count). The molecule has 0 spiro atoms. The molecule has 3 atom stereocenters. The van der Waals surface area contributed by atoms with E-state index in [0.717, 1.165) is 60.4 Å². The van der Waals surface area contributed by atoms with Gasteiger partial charge in [0.25, 0.3) is 0 Å². The minimum Gasteiger partial charge on any atom is -0.508 e. The molecule has 1 saturated carbocycles. The number of nitrogens with one attached hydrogen (secondary N) is 1. The fourth-order valence-electron chi connectivity index (χ4n) is 7.62. The molecular weight excluding hydrogens is 450 g/mol. The first-order valence-electron chi connectivity index (χ1n) is 13.6. The SMILES string of the molecule is O=C(Cc1cc2ccccc2[nH]1)N1CC[C@]23CCN(CC4CC4)[C@H](Cc4ccc(O)cc42)[C@]3(O)CC1. The molecule has 3 heterocycles. The third kappa shape index (κ3) is 3.41. The number of piperidine rings is 1. The van der Waals surface area contributed by atoms with Crippen LogP contribution >= 0.6 is 0 Å².